The van der Waals surface area contributed by atoms with E-state index in [0.29, 0.717) is 6.10 Å². The second kappa shape index (κ2) is 5.76. The second-order valence-electron chi connectivity index (χ2n) is 4.09. The van der Waals surface area contributed by atoms with E-state index in [0.717, 1.165) is 25.3 Å². The normalized spacial score (nSPS) is 22.8. The molecule has 0 aromatic heterocycles. The Balaban J connectivity index is 1.86. The SMILES string of the molecule is c1ccc(OC2CCCCNCC2)cc1. The van der Waals surface area contributed by atoms with E-state index >= 15 is 0 Å². The van der Waals surface area contributed by atoms with Crippen LogP contribution in [0.3, 0.4) is 0 Å². The summed E-state index contributed by atoms with van der Waals surface area (Å²) in [7, 11) is 0. The van der Waals surface area contributed by atoms with Crippen LogP contribution in [0.4, 0.5) is 0 Å². The summed E-state index contributed by atoms with van der Waals surface area (Å²) in [4.78, 5) is 0. The highest BCUT2D eigenvalue weighted by Gasteiger charge is 2.11. The van der Waals surface area contributed by atoms with Crippen molar-refractivity contribution in [1.82, 2.24) is 5.32 Å². The first kappa shape index (κ1) is 10.5. The predicted octanol–water partition coefficient (Wildman–Crippen LogP) is 2.60. The lowest BCUT2D eigenvalue weighted by Gasteiger charge is -2.21. The maximum absolute atomic E-state index is 5.95. The van der Waals surface area contributed by atoms with Gasteiger partial charge in [0.25, 0.3) is 0 Å². The first-order chi connectivity index (χ1) is 7.45. The molecule has 1 fully saturated rings. The zero-order valence-electron chi connectivity index (χ0n) is 9.11. The summed E-state index contributed by atoms with van der Waals surface area (Å²) in [5.74, 6) is 1.00. The summed E-state index contributed by atoms with van der Waals surface area (Å²) in [6.45, 7) is 2.25. The van der Waals surface area contributed by atoms with Crippen LogP contribution < -0.4 is 10.1 Å². The fourth-order valence-electron chi connectivity index (χ4n) is 1.96. The molecule has 1 aliphatic heterocycles. The van der Waals surface area contributed by atoms with Crippen LogP contribution in [0.5, 0.6) is 5.75 Å². The molecular weight excluding hydrogens is 186 g/mol. The van der Waals surface area contributed by atoms with Gasteiger partial charge in [-0.2, -0.15) is 0 Å². The fraction of sp³-hybridized carbons (Fsp3) is 0.538. The Kier molecular flexibility index (Phi) is 4.03. The van der Waals surface area contributed by atoms with E-state index in [4.69, 9.17) is 4.74 Å². The summed E-state index contributed by atoms with van der Waals surface area (Å²) in [5.41, 5.74) is 0. The summed E-state index contributed by atoms with van der Waals surface area (Å²) < 4.78 is 5.95. The van der Waals surface area contributed by atoms with Crippen LogP contribution in [0.2, 0.25) is 0 Å². The van der Waals surface area contributed by atoms with Gasteiger partial charge in [0.15, 0.2) is 0 Å². The highest BCUT2D eigenvalue weighted by Crippen LogP contribution is 2.16. The van der Waals surface area contributed by atoms with Gasteiger partial charge in [0.2, 0.25) is 0 Å². The smallest absolute Gasteiger partial charge is 0.119 e. The van der Waals surface area contributed by atoms with Crippen LogP contribution >= 0.6 is 0 Å². The summed E-state index contributed by atoms with van der Waals surface area (Å²) in [6.07, 6.45) is 5.24. The van der Waals surface area contributed by atoms with Crippen molar-refractivity contribution in [2.45, 2.75) is 31.8 Å². The standard InChI is InChI=1S/C13H19NO/c1-2-6-12(7-3-1)15-13-8-4-5-10-14-11-9-13/h1-3,6-7,13-14H,4-5,8-11H2. The third-order valence-corrected chi connectivity index (χ3v) is 2.82. The number of benzene rings is 1. The zero-order chi connectivity index (χ0) is 10.3. The Morgan fingerprint density at radius 2 is 1.87 bits per heavy atom. The van der Waals surface area contributed by atoms with Crippen LogP contribution in [-0.4, -0.2) is 19.2 Å². The molecule has 1 heterocycles. The summed E-state index contributed by atoms with van der Waals surface area (Å²) >= 11 is 0. The van der Waals surface area contributed by atoms with Gasteiger partial charge in [0, 0.05) is 0 Å². The Hall–Kier alpha value is -1.02. The molecule has 0 aliphatic carbocycles. The highest BCUT2D eigenvalue weighted by atomic mass is 16.5. The zero-order valence-corrected chi connectivity index (χ0v) is 9.11. The van der Waals surface area contributed by atoms with E-state index < -0.39 is 0 Å². The third-order valence-electron chi connectivity index (χ3n) is 2.82. The molecule has 2 nitrogen and oxygen atoms in total. The number of nitrogens with one attached hydrogen (secondary N) is 1. The van der Waals surface area contributed by atoms with Crippen molar-refractivity contribution < 1.29 is 4.74 Å². The minimum atomic E-state index is 0.389. The average molecular weight is 205 g/mol. The molecule has 1 aromatic rings. The van der Waals surface area contributed by atoms with Crippen LogP contribution in [0, 0.1) is 0 Å². The van der Waals surface area contributed by atoms with Crippen molar-refractivity contribution in [2.24, 2.45) is 0 Å². The maximum Gasteiger partial charge on any atom is 0.119 e. The topological polar surface area (TPSA) is 21.3 Å². The Labute approximate surface area is 91.6 Å². The minimum absolute atomic E-state index is 0.389. The second-order valence-corrected chi connectivity index (χ2v) is 4.09. The molecule has 1 atom stereocenters. The monoisotopic (exact) mass is 205 g/mol. The summed E-state index contributed by atoms with van der Waals surface area (Å²) in [5, 5.41) is 3.42. The number of para-hydroxylation sites is 1. The van der Waals surface area contributed by atoms with Gasteiger partial charge in [-0.3, -0.25) is 0 Å². The fourth-order valence-corrected chi connectivity index (χ4v) is 1.96. The molecule has 1 saturated heterocycles. The molecule has 1 aromatic carbocycles. The molecular formula is C13H19NO. The van der Waals surface area contributed by atoms with Gasteiger partial charge in [-0.05, 0) is 50.9 Å². The molecule has 2 rings (SSSR count). The van der Waals surface area contributed by atoms with E-state index in [-0.39, 0.29) is 0 Å². The molecule has 1 aliphatic rings. The van der Waals surface area contributed by atoms with Crippen LogP contribution in [-0.2, 0) is 0 Å². The molecule has 2 heteroatoms. The van der Waals surface area contributed by atoms with Gasteiger partial charge in [0.05, 0.1) is 6.10 Å². The molecule has 0 radical (unpaired) electrons. The lowest BCUT2D eigenvalue weighted by atomic mass is 10.1. The van der Waals surface area contributed by atoms with E-state index in [1.807, 2.05) is 30.3 Å². The molecule has 0 saturated carbocycles. The lowest BCUT2D eigenvalue weighted by Crippen LogP contribution is -2.28. The molecule has 0 spiro atoms. The van der Waals surface area contributed by atoms with Gasteiger partial charge in [-0.1, -0.05) is 18.2 Å². The van der Waals surface area contributed by atoms with Crippen molar-refractivity contribution >= 4 is 0 Å². The van der Waals surface area contributed by atoms with E-state index in [2.05, 4.69) is 5.32 Å². The number of hydrogen-bond acceptors (Lipinski definition) is 2. The first-order valence-electron chi connectivity index (χ1n) is 5.87. The van der Waals surface area contributed by atoms with E-state index in [1.165, 1.54) is 19.3 Å². The van der Waals surface area contributed by atoms with Crippen LogP contribution in [0.1, 0.15) is 25.7 Å². The number of rotatable bonds is 2. The van der Waals surface area contributed by atoms with Gasteiger partial charge in [-0.15, -0.1) is 0 Å². The minimum Gasteiger partial charge on any atom is -0.490 e. The van der Waals surface area contributed by atoms with Gasteiger partial charge >= 0.3 is 0 Å². The first-order valence-corrected chi connectivity index (χ1v) is 5.87. The van der Waals surface area contributed by atoms with Crippen LogP contribution in [0.25, 0.3) is 0 Å². The van der Waals surface area contributed by atoms with Gasteiger partial charge in [-0.25, -0.2) is 0 Å². The van der Waals surface area contributed by atoms with Gasteiger partial charge in [0.1, 0.15) is 5.75 Å². The van der Waals surface area contributed by atoms with Crippen molar-refractivity contribution in [2.75, 3.05) is 13.1 Å². The number of hydrogen-bond donors (Lipinski definition) is 1. The van der Waals surface area contributed by atoms with Crippen molar-refractivity contribution in [3.05, 3.63) is 30.3 Å². The van der Waals surface area contributed by atoms with Crippen molar-refractivity contribution in [1.29, 1.82) is 0 Å². The van der Waals surface area contributed by atoms with Crippen molar-refractivity contribution in [3.8, 4) is 5.75 Å². The molecule has 0 bridgehead atoms. The largest absolute Gasteiger partial charge is 0.490 e. The Morgan fingerprint density at radius 1 is 1.00 bits per heavy atom. The Bertz CT molecular complexity index is 265. The maximum atomic E-state index is 5.95. The quantitative estimate of drug-likeness (QED) is 0.801. The van der Waals surface area contributed by atoms with Crippen molar-refractivity contribution in [3.63, 3.8) is 0 Å². The third kappa shape index (κ3) is 3.56. The molecule has 0 amide bonds. The van der Waals surface area contributed by atoms with E-state index in [1.54, 1.807) is 0 Å². The average Bonchev–Trinajstić information content (AvgIpc) is 2.23. The summed E-state index contributed by atoms with van der Waals surface area (Å²) in [6, 6.07) is 10.1. The molecule has 82 valence electrons. The van der Waals surface area contributed by atoms with Gasteiger partial charge < -0.3 is 10.1 Å². The predicted molar refractivity (Wildman–Crippen MR) is 62.2 cm³/mol. The molecule has 15 heavy (non-hydrogen) atoms. The molecule has 1 unspecified atom stereocenters. The lowest BCUT2D eigenvalue weighted by molar-refractivity contribution is 0.171. The molecule has 1 N–H and O–H groups in total. The highest BCUT2D eigenvalue weighted by molar-refractivity contribution is 5.21. The van der Waals surface area contributed by atoms with E-state index in [9.17, 15) is 0 Å². The number of ether oxygens (including phenoxy) is 1. The Morgan fingerprint density at radius 3 is 2.73 bits per heavy atom. The van der Waals surface area contributed by atoms with Crippen LogP contribution in [0.15, 0.2) is 30.3 Å².